The summed E-state index contributed by atoms with van der Waals surface area (Å²) in [5.41, 5.74) is 4.77. The monoisotopic (exact) mass is 363 g/mol. The van der Waals surface area contributed by atoms with Gasteiger partial charge in [-0.05, 0) is 49.6 Å². The molecule has 132 valence electrons. The molecule has 0 bridgehead atoms. The molecule has 1 aliphatic heterocycles. The molecule has 4 rings (SSSR count). The number of hydrogen-bond donors (Lipinski definition) is 0. The molecule has 0 N–H and O–H groups in total. The van der Waals surface area contributed by atoms with Gasteiger partial charge in [0.1, 0.15) is 5.03 Å². The first-order valence-corrected chi connectivity index (χ1v) is 9.94. The van der Waals surface area contributed by atoms with Crippen LogP contribution >= 0.6 is 11.8 Å². The van der Waals surface area contributed by atoms with E-state index in [4.69, 9.17) is 4.98 Å². The highest BCUT2D eigenvalue weighted by atomic mass is 32.2. The number of rotatable bonds is 4. The summed E-state index contributed by atoms with van der Waals surface area (Å²) in [6.45, 7) is 3.77. The maximum Gasteiger partial charge on any atom is 0.253 e. The Morgan fingerprint density at radius 3 is 2.35 bits per heavy atom. The molecule has 0 aliphatic carbocycles. The Kier molecular flexibility index (Phi) is 4.89. The normalized spacial score (nSPS) is 14.1. The number of aromatic nitrogens is 2. The maximum atomic E-state index is 12.4. The number of benzene rings is 2. The average molecular weight is 363 g/mol. The molecule has 3 aromatic rings. The van der Waals surface area contributed by atoms with Crippen molar-refractivity contribution in [2.45, 2.75) is 30.5 Å². The lowest BCUT2D eigenvalue weighted by atomic mass is 10.1. The molecule has 1 aliphatic rings. The number of hydrogen-bond acceptors (Lipinski definition) is 4. The lowest BCUT2D eigenvalue weighted by Crippen LogP contribution is -2.27. The summed E-state index contributed by atoms with van der Waals surface area (Å²) in [6.07, 6.45) is 2.24. The van der Waals surface area contributed by atoms with E-state index in [2.05, 4.69) is 4.98 Å². The van der Waals surface area contributed by atoms with E-state index < -0.39 is 0 Å². The van der Waals surface area contributed by atoms with Gasteiger partial charge < -0.3 is 4.90 Å². The van der Waals surface area contributed by atoms with Gasteiger partial charge in [0.25, 0.3) is 5.91 Å². The van der Waals surface area contributed by atoms with Crippen molar-refractivity contribution in [1.29, 1.82) is 0 Å². The first-order valence-electron chi connectivity index (χ1n) is 8.95. The van der Waals surface area contributed by atoms with Crippen molar-refractivity contribution in [2.24, 2.45) is 0 Å². The first-order chi connectivity index (χ1) is 12.7. The van der Waals surface area contributed by atoms with Crippen molar-refractivity contribution in [1.82, 2.24) is 14.9 Å². The smallest absolute Gasteiger partial charge is 0.253 e. The molecule has 5 heteroatoms. The summed E-state index contributed by atoms with van der Waals surface area (Å²) in [7, 11) is 0. The van der Waals surface area contributed by atoms with Gasteiger partial charge in [-0.15, -0.1) is 0 Å². The third kappa shape index (κ3) is 3.58. The molecule has 1 saturated heterocycles. The van der Waals surface area contributed by atoms with Crippen molar-refractivity contribution in [3.05, 3.63) is 65.4 Å². The first kappa shape index (κ1) is 17.0. The number of nitrogens with zero attached hydrogens (tertiary/aromatic N) is 3. The van der Waals surface area contributed by atoms with Crippen LogP contribution in [0.1, 0.15) is 34.5 Å². The predicted octanol–water partition coefficient (Wildman–Crippen LogP) is 4.47. The lowest BCUT2D eigenvalue weighted by Gasteiger charge is -2.15. The minimum absolute atomic E-state index is 0.151. The lowest BCUT2D eigenvalue weighted by molar-refractivity contribution is 0.0793. The van der Waals surface area contributed by atoms with E-state index in [9.17, 15) is 4.79 Å². The number of carbonyl (C=O) groups is 1. The van der Waals surface area contributed by atoms with E-state index in [0.29, 0.717) is 0 Å². The van der Waals surface area contributed by atoms with Crippen molar-refractivity contribution < 1.29 is 4.79 Å². The fourth-order valence-electron chi connectivity index (χ4n) is 3.21. The molecule has 0 saturated carbocycles. The Labute approximate surface area is 157 Å². The van der Waals surface area contributed by atoms with E-state index in [1.54, 1.807) is 11.8 Å². The van der Waals surface area contributed by atoms with Crippen LogP contribution in [0.15, 0.2) is 53.6 Å². The predicted molar refractivity (Wildman–Crippen MR) is 105 cm³/mol. The van der Waals surface area contributed by atoms with Crippen LogP contribution in [0.5, 0.6) is 0 Å². The van der Waals surface area contributed by atoms with Crippen LogP contribution in [0.25, 0.3) is 11.0 Å². The largest absolute Gasteiger partial charge is 0.339 e. The van der Waals surface area contributed by atoms with Crippen LogP contribution in [-0.2, 0) is 5.75 Å². The van der Waals surface area contributed by atoms with Gasteiger partial charge in [-0.1, -0.05) is 36.0 Å². The Morgan fingerprint density at radius 1 is 1.00 bits per heavy atom. The molecule has 0 spiro atoms. The molecule has 0 radical (unpaired) electrons. The summed E-state index contributed by atoms with van der Waals surface area (Å²) in [4.78, 5) is 23.7. The van der Waals surface area contributed by atoms with Crippen molar-refractivity contribution in [2.75, 3.05) is 13.1 Å². The van der Waals surface area contributed by atoms with Gasteiger partial charge in [0, 0.05) is 24.4 Å². The average Bonchev–Trinajstić information content (AvgIpc) is 3.21. The van der Waals surface area contributed by atoms with E-state index in [1.165, 1.54) is 5.56 Å². The molecule has 4 nitrogen and oxygen atoms in total. The SMILES string of the molecule is Cc1nc2ccccc2nc1SCc1ccc(C(=O)N2CCCC2)cc1. The third-order valence-electron chi connectivity index (χ3n) is 4.67. The van der Waals surface area contributed by atoms with Crippen molar-refractivity contribution in [3.63, 3.8) is 0 Å². The van der Waals surface area contributed by atoms with E-state index in [-0.39, 0.29) is 5.91 Å². The molecule has 0 atom stereocenters. The molecule has 0 unspecified atom stereocenters. The second-order valence-corrected chi connectivity index (χ2v) is 7.55. The van der Waals surface area contributed by atoms with Crippen LogP contribution in [0.3, 0.4) is 0 Å². The van der Waals surface area contributed by atoms with E-state index in [0.717, 1.165) is 59.0 Å². The molecular weight excluding hydrogens is 342 g/mol. The molecule has 1 amide bonds. The van der Waals surface area contributed by atoms with Crippen LogP contribution in [0.4, 0.5) is 0 Å². The highest BCUT2D eigenvalue weighted by Crippen LogP contribution is 2.25. The van der Waals surface area contributed by atoms with Crippen LogP contribution in [-0.4, -0.2) is 33.9 Å². The molecule has 1 aromatic heterocycles. The zero-order chi connectivity index (χ0) is 17.9. The quantitative estimate of drug-likeness (QED) is 0.642. The van der Waals surface area contributed by atoms with E-state index in [1.807, 2.05) is 60.4 Å². The Hall–Kier alpha value is -2.40. The van der Waals surface area contributed by atoms with Crippen LogP contribution in [0.2, 0.25) is 0 Å². The molecule has 2 aromatic carbocycles. The minimum Gasteiger partial charge on any atom is -0.339 e. The Balaban J connectivity index is 1.45. The number of carbonyl (C=O) groups excluding carboxylic acids is 1. The number of aryl methyl sites for hydroxylation is 1. The number of thioether (sulfide) groups is 1. The van der Waals surface area contributed by atoms with Gasteiger partial charge in [-0.2, -0.15) is 0 Å². The number of fused-ring (bicyclic) bond motifs is 1. The summed E-state index contributed by atoms with van der Waals surface area (Å²) in [5.74, 6) is 0.962. The number of likely N-dealkylation sites (tertiary alicyclic amines) is 1. The van der Waals surface area contributed by atoms with Crippen LogP contribution in [0, 0.1) is 6.92 Å². The summed E-state index contributed by atoms with van der Waals surface area (Å²) >= 11 is 1.69. The number of amides is 1. The van der Waals surface area contributed by atoms with Crippen LogP contribution < -0.4 is 0 Å². The summed E-state index contributed by atoms with van der Waals surface area (Å²) in [6, 6.07) is 15.9. The molecule has 1 fully saturated rings. The fraction of sp³-hybridized carbons (Fsp3) is 0.286. The Morgan fingerprint density at radius 2 is 1.65 bits per heavy atom. The number of para-hydroxylation sites is 2. The van der Waals surface area contributed by atoms with Gasteiger partial charge >= 0.3 is 0 Å². The highest BCUT2D eigenvalue weighted by Gasteiger charge is 2.19. The summed E-state index contributed by atoms with van der Waals surface area (Å²) in [5, 5.41) is 0.959. The molecule has 2 heterocycles. The van der Waals surface area contributed by atoms with Crippen molar-refractivity contribution >= 4 is 28.7 Å². The van der Waals surface area contributed by atoms with Gasteiger partial charge in [0.2, 0.25) is 0 Å². The summed E-state index contributed by atoms with van der Waals surface area (Å²) < 4.78 is 0. The zero-order valence-electron chi connectivity index (χ0n) is 14.8. The van der Waals surface area contributed by atoms with Gasteiger partial charge in [-0.25, -0.2) is 9.97 Å². The fourth-order valence-corrected chi connectivity index (χ4v) is 4.12. The third-order valence-corrected chi connectivity index (χ3v) is 5.81. The van der Waals surface area contributed by atoms with Gasteiger partial charge in [-0.3, -0.25) is 4.79 Å². The molecule has 26 heavy (non-hydrogen) atoms. The highest BCUT2D eigenvalue weighted by molar-refractivity contribution is 7.98. The topological polar surface area (TPSA) is 46.1 Å². The minimum atomic E-state index is 0.151. The standard InChI is InChI=1S/C21H21N3OS/c1-15-20(23-19-7-3-2-6-18(19)22-15)26-14-16-8-10-17(11-9-16)21(25)24-12-4-5-13-24/h2-3,6-11H,4-5,12-14H2,1H3. The van der Waals surface area contributed by atoms with Gasteiger partial charge in [0.05, 0.1) is 16.7 Å². The Bertz CT molecular complexity index is 934. The van der Waals surface area contributed by atoms with Crippen molar-refractivity contribution in [3.8, 4) is 0 Å². The molecular formula is C21H21N3OS. The second kappa shape index (κ2) is 7.46. The van der Waals surface area contributed by atoms with E-state index >= 15 is 0 Å². The maximum absolute atomic E-state index is 12.4. The van der Waals surface area contributed by atoms with Gasteiger partial charge in [0.15, 0.2) is 0 Å². The zero-order valence-corrected chi connectivity index (χ0v) is 15.6. The second-order valence-electron chi connectivity index (χ2n) is 6.59.